The molecule has 0 fully saturated rings. The first kappa shape index (κ1) is 13.3. The summed E-state index contributed by atoms with van der Waals surface area (Å²) in [5.74, 6) is -0.598. The Kier molecular flexibility index (Phi) is 3.96. The third kappa shape index (κ3) is 4.32. The lowest BCUT2D eigenvalue weighted by Gasteiger charge is -2.17. The van der Waals surface area contributed by atoms with Crippen LogP contribution in [0.5, 0.6) is 5.75 Å². The third-order valence-electron chi connectivity index (χ3n) is 2.23. The monoisotopic (exact) mass is 239 g/mol. The van der Waals surface area contributed by atoms with Gasteiger partial charge in [-0.1, -0.05) is 0 Å². The summed E-state index contributed by atoms with van der Waals surface area (Å²) in [6.07, 6.45) is 0.465. The van der Waals surface area contributed by atoms with Crippen molar-refractivity contribution in [3.05, 3.63) is 23.8 Å². The van der Waals surface area contributed by atoms with E-state index in [1.807, 2.05) is 0 Å². The van der Waals surface area contributed by atoms with Crippen LogP contribution in [0.15, 0.2) is 18.2 Å². The molecule has 5 nitrogen and oxygen atoms in total. The van der Waals surface area contributed by atoms with E-state index in [0.29, 0.717) is 18.8 Å². The molecule has 0 aliphatic carbocycles. The van der Waals surface area contributed by atoms with Crippen LogP contribution >= 0.6 is 0 Å². The van der Waals surface area contributed by atoms with Crippen LogP contribution in [0.25, 0.3) is 0 Å². The lowest BCUT2D eigenvalue weighted by atomic mass is 10.1. The van der Waals surface area contributed by atoms with Crippen LogP contribution in [-0.4, -0.2) is 28.4 Å². The van der Waals surface area contributed by atoms with E-state index < -0.39 is 11.6 Å². The van der Waals surface area contributed by atoms with Crippen LogP contribution in [-0.2, 0) is 0 Å². The molecule has 0 saturated carbocycles. The molecule has 17 heavy (non-hydrogen) atoms. The van der Waals surface area contributed by atoms with Gasteiger partial charge in [0.15, 0.2) is 0 Å². The number of nitrogens with two attached hydrogens (primary N) is 1. The van der Waals surface area contributed by atoms with Crippen LogP contribution in [0.2, 0.25) is 0 Å². The second kappa shape index (κ2) is 5.05. The predicted molar refractivity (Wildman–Crippen MR) is 64.2 cm³/mol. The van der Waals surface area contributed by atoms with Gasteiger partial charge in [0, 0.05) is 6.42 Å². The quantitative estimate of drug-likeness (QED) is 0.677. The van der Waals surface area contributed by atoms with Crippen LogP contribution in [0, 0.1) is 0 Å². The van der Waals surface area contributed by atoms with Crippen LogP contribution in [0.1, 0.15) is 30.6 Å². The molecule has 0 aliphatic heterocycles. The molecule has 5 heteroatoms. The summed E-state index contributed by atoms with van der Waals surface area (Å²) in [6, 6.07) is 4.29. The number of aromatic carboxylic acids is 1. The fourth-order valence-electron chi connectivity index (χ4n) is 1.22. The Morgan fingerprint density at radius 1 is 1.47 bits per heavy atom. The molecule has 1 aromatic carbocycles. The highest BCUT2D eigenvalue weighted by Crippen LogP contribution is 2.23. The Morgan fingerprint density at radius 2 is 2.12 bits per heavy atom. The maximum Gasteiger partial charge on any atom is 0.335 e. The molecular weight excluding hydrogens is 222 g/mol. The fourth-order valence-corrected chi connectivity index (χ4v) is 1.22. The number of anilines is 1. The summed E-state index contributed by atoms with van der Waals surface area (Å²) in [7, 11) is 0. The molecular formula is C12H17NO4. The summed E-state index contributed by atoms with van der Waals surface area (Å²) >= 11 is 0. The maximum absolute atomic E-state index is 10.7. The molecule has 1 rings (SSSR count). The summed E-state index contributed by atoms with van der Waals surface area (Å²) in [5.41, 5.74) is 5.26. The third-order valence-corrected chi connectivity index (χ3v) is 2.23. The number of carbonyl (C=O) groups is 1. The maximum atomic E-state index is 10.7. The standard InChI is InChI=1S/C12H17NO4/c1-12(2,16)5-6-17-10-4-3-8(11(14)15)7-9(10)13/h3-4,7,16H,5-6,13H2,1-2H3,(H,14,15). The van der Waals surface area contributed by atoms with Crippen molar-refractivity contribution in [1.29, 1.82) is 0 Å². The van der Waals surface area contributed by atoms with Crippen molar-refractivity contribution in [2.45, 2.75) is 25.9 Å². The largest absolute Gasteiger partial charge is 0.491 e. The predicted octanol–water partition coefficient (Wildman–Crippen LogP) is 1.51. The van der Waals surface area contributed by atoms with Crippen LogP contribution in [0.3, 0.4) is 0 Å². The molecule has 0 aliphatic rings. The minimum Gasteiger partial charge on any atom is -0.491 e. The topological polar surface area (TPSA) is 92.8 Å². The van der Waals surface area contributed by atoms with Gasteiger partial charge in [0.2, 0.25) is 0 Å². The molecule has 1 aromatic rings. The zero-order valence-electron chi connectivity index (χ0n) is 9.93. The summed E-state index contributed by atoms with van der Waals surface area (Å²) in [6.45, 7) is 3.70. The number of carboxylic acid groups (broad SMARTS) is 1. The molecule has 0 aromatic heterocycles. The van der Waals surface area contributed by atoms with Gasteiger partial charge in [0.25, 0.3) is 0 Å². The van der Waals surface area contributed by atoms with Gasteiger partial charge in [-0.05, 0) is 32.0 Å². The summed E-state index contributed by atoms with van der Waals surface area (Å²) in [4.78, 5) is 10.7. The van der Waals surface area contributed by atoms with Gasteiger partial charge in [-0.25, -0.2) is 4.79 Å². The van der Waals surface area contributed by atoms with Gasteiger partial charge in [-0.2, -0.15) is 0 Å². The van der Waals surface area contributed by atoms with Gasteiger partial charge < -0.3 is 20.7 Å². The number of ether oxygens (including phenoxy) is 1. The van der Waals surface area contributed by atoms with E-state index in [2.05, 4.69) is 0 Å². The number of carboxylic acids is 1. The lowest BCUT2D eigenvalue weighted by molar-refractivity contribution is 0.0554. The van der Waals surface area contributed by atoms with E-state index in [4.69, 9.17) is 15.6 Å². The van der Waals surface area contributed by atoms with Crippen LogP contribution < -0.4 is 10.5 Å². The Labute approximate surface area is 99.8 Å². The highest BCUT2D eigenvalue weighted by atomic mass is 16.5. The zero-order valence-corrected chi connectivity index (χ0v) is 9.93. The van der Waals surface area contributed by atoms with E-state index >= 15 is 0 Å². The molecule has 94 valence electrons. The Bertz CT molecular complexity index is 409. The number of hydrogen-bond donors (Lipinski definition) is 3. The van der Waals surface area contributed by atoms with Crippen molar-refractivity contribution in [1.82, 2.24) is 0 Å². The van der Waals surface area contributed by atoms with Crippen molar-refractivity contribution >= 4 is 11.7 Å². The smallest absolute Gasteiger partial charge is 0.335 e. The zero-order chi connectivity index (χ0) is 13.1. The second-order valence-electron chi connectivity index (χ2n) is 4.47. The Morgan fingerprint density at radius 3 is 2.59 bits per heavy atom. The Balaban J connectivity index is 2.64. The van der Waals surface area contributed by atoms with Crippen molar-refractivity contribution in [2.75, 3.05) is 12.3 Å². The molecule has 4 N–H and O–H groups in total. The molecule has 0 atom stereocenters. The first-order valence-electron chi connectivity index (χ1n) is 5.27. The van der Waals surface area contributed by atoms with Gasteiger partial charge in [-0.15, -0.1) is 0 Å². The van der Waals surface area contributed by atoms with Gasteiger partial charge >= 0.3 is 5.97 Å². The van der Waals surface area contributed by atoms with Gasteiger partial charge in [0.05, 0.1) is 23.5 Å². The number of aliphatic hydroxyl groups is 1. The van der Waals surface area contributed by atoms with E-state index in [-0.39, 0.29) is 11.3 Å². The highest BCUT2D eigenvalue weighted by molar-refractivity contribution is 5.89. The van der Waals surface area contributed by atoms with E-state index in [0.717, 1.165) is 0 Å². The van der Waals surface area contributed by atoms with Crippen molar-refractivity contribution in [3.63, 3.8) is 0 Å². The molecule has 0 spiro atoms. The van der Waals surface area contributed by atoms with Crippen molar-refractivity contribution < 1.29 is 19.7 Å². The van der Waals surface area contributed by atoms with E-state index in [1.165, 1.54) is 18.2 Å². The number of benzene rings is 1. The average molecular weight is 239 g/mol. The van der Waals surface area contributed by atoms with Crippen molar-refractivity contribution in [3.8, 4) is 5.75 Å². The summed E-state index contributed by atoms with van der Waals surface area (Å²) in [5, 5.41) is 18.2. The molecule has 0 radical (unpaired) electrons. The molecule has 0 saturated heterocycles. The van der Waals surface area contributed by atoms with Crippen LogP contribution in [0.4, 0.5) is 5.69 Å². The first-order valence-corrected chi connectivity index (χ1v) is 5.27. The number of nitrogen functional groups attached to an aromatic ring is 1. The normalized spacial score (nSPS) is 11.2. The number of hydrogen-bond acceptors (Lipinski definition) is 4. The summed E-state index contributed by atoms with van der Waals surface area (Å²) < 4.78 is 5.37. The first-order chi connectivity index (χ1) is 7.79. The SMILES string of the molecule is CC(C)(O)CCOc1ccc(C(=O)O)cc1N. The Hall–Kier alpha value is -1.75. The average Bonchev–Trinajstić information content (AvgIpc) is 2.18. The lowest BCUT2D eigenvalue weighted by Crippen LogP contribution is -2.22. The minimum absolute atomic E-state index is 0.123. The van der Waals surface area contributed by atoms with Crippen molar-refractivity contribution in [2.24, 2.45) is 0 Å². The second-order valence-corrected chi connectivity index (χ2v) is 4.47. The van der Waals surface area contributed by atoms with Gasteiger partial charge in [0.1, 0.15) is 5.75 Å². The molecule has 0 amide bonds. The fraction of sp³-hybridized carbons (Fsp3) is 0.417. The molecule has 0 heterocycles. The molecule has 0 bridgehead atoms. The number of rotatable bonds is 5. The van der Waals surface area contributed by atoms with E-state index in [9.17, 15) is 9.90 Å². The minimum atomic E-state index is -1.03. The van der Waals surface area contributed by atoms with Gasteiger partial charge in [-0.3, -0.25) is 0 Å². The molecule has 0 unspecified atom stereocenters. The van der Waals surface area contributed by atoms with E-state index in [1.54, 1.807) is 13.8 Å². The highest BCUT2D eigenvalue weighted by Gasteiger charge is 2.13.